The second-order valence-corrected chi connectivity index (χ2v) is 5.35. The van der Waals surface area contributed by atoms with E-state index in [-0.39, 0.29) is 6.42 Å². The normalized spacial score (nSPS) is 26.1. The van der Waals surface area contributed by atoms with Gasteiger partial charge in [0.05, 0.1) is 12.0 Å². The molecule has 1 aliphatic rings. The first-order valence-corrected chi connectivity index (χ1v) is 6.77. The van der Waals surface area contributed by atoms with Gasteiger partial charge in [0, 0.05) is 0 Å². The molecule has 1 saturated carbocycles. The van der Waals surface area contributed by atoms with Gasteiger partial charge in [0.15, 0.2) is 0 Å². The SMILES string of the molecule is OC(Cc1ccccc1)C1CCCCC1C(F)(F)F. The summed E-state index contributed by atoms with van der Waals surface area (Å²) in [5.41, 5.74) is 0.890. The Bertz CT molecular complexity index is 388. The topological polar surface area (TPSA) is 20.2 Å². The van der Waals surface area contributed by atoms with Gasteiger partial charge in [-0.3, -0.25) is 0 Å². The van der Waals surface area contributed by atoms with Crippen molar-refractivity contribution in [3.63, 3.8) is 0 Å². The fraction of sp³-hybridized carbons (Fsp3) is 0.600. The predicted molar refractivity (Wildman–Crippen MR) is 67.7 cm³/mol. The summed E-state index contributed by atoms with van der Waals surface area (Å²) in [5, 5.41) is 10.2. The molecule has 1 nitrogen and oxygen atoms in total. The van der Waals surface area contributed by atoms with Gasteiger partial charge in [0.25, 0.3) is 0 Å². The van der Waals surface area contributed by atoms with Crippen LogP contribution in [0.1, 0.15) is 31.2 Å². The fourth-order valence-electron chi connectivity index (χ4n) is 3.03. The minimum Gasteiger partial charge on any atom is -0.392 e. The summed E-state index contributed by atoms with van der Waals surface area (Å²) in [6.07, 6.45) is -2.78. The molecule has 2 rings (SSSR count). The third kappa shape index (κ3) is 3.72. The highest BCUT2D eigenvalue weighted by molar-refractivity contribution is 5.15. The zero-order valence-corrected chi connectivity index (χ0v) is 10.7. The molecule has 1 aliphatic carbocycles. The average Bonchev–Trinajstić information content (AvgIpc) is 2.39. The van der Waals surface area contributed by atoms with Crippen LogP contribution in [-0.2, 0) is 6.42 Å². The zero-order chi connectivity index (χ0) is 13.9. The molecule has 3 atom stereocenters. The average molecular weight is 272 g/mol. The van der Waals surface area contributed by atoms with Crippen LogP contribution >= 0.6 is 0 Å². The third-order valence-corrected chi connectivity index (χ3v) is 4.02. The van der Waals surface area contributed by atoms with Crippen LogP contribution in [0.15, 0.2) is 30.3 Å². The summed E-state index contributed by atoms with van der Waals surface area (Å²) in [6.45, 7) is 0. The van der Waals surface area contributed by atoms with Gasteiger partial charge >= 0.3 is 6.18 Å². The number of hydrogen-bond acceptors (Lipinski definition) is 1. The van der Waals surface area contributed by atoms with Gasteiger partial charge in [-0.15, -0.1) is 0 Å². The Morgan fingerprint density at radius 1 is 1.11 bits per heavy atom. The molecule has 1 fully saturated rings. The van der Waals surface area contributed by atoms with Gasteiger partial charge in [0.2, 0.25) is 0 Å². The number of alkyl halides is 3. The van der Waals surface area contributed by atoms with Crippen molar-refractivity contribution in [1.29, 1.82) is 0 Å². The van der Waals surface area contributed by atoms with E-state index in [9.17, 15) is 18.3 Å². The molecule has 1 N–H and O–H groups in total. The molecule has 0 aliphatic heterocycles. The predicted octanol–water partition coefficient (Wildman–Crippen LogP) is 3.96. The molecular weight excluding hydrogens is 253 g/mol. The van der Waals surface area contributed by atoms with Crippen molar-refractivity contribution in [1.82, 2.24) is 0 Å². The van der Waals surface area contributed by atoms with Crippen LogP contribution in [0.3, 0.4) is 0 Å². The Morgan fingerprint density at radius 2 is 1.74 bits per heavy atom. The van der Waals surface area contributed by atoms with Crippen LogP contribution in [-0.4, -0.2) is 17.4 Å². The maximum absolute atomic E-state index is 13.0. The molecule has 106 valence electrons. The molecule has 0 saturated heterocycles. The van der Waals surface area contributed by atoms with Crippen molar-refractivity contribution < 1.29 is 18.3 Å². The van der Waals surface area contributed by atoms with Crippen molar-refractivity contribution in [2.24, 2.45) is 11.8 Å². The van der Waals surface area contributed by atoms with Gasteiger partial charge in [-0.1, -0.05) is 43.2 Å². The van der Waals surface area contributed by atoms with Crippen LogP contribution in [0.4, 0.5) is 13.2 Å². The molecule has 0 bridgehead atoms. The summed E-state index contributed by atoms with van der Waals surface area (Å²) in [6, 6.07) is 9.21. The lowest BCUT2D eigenvalue weighted by Gasteiger charge is -2.36. The molecule has 0 spiro atoms. The largest absolute Gasteiger partial charge is 0.392 e. The van der Waals surface area contributed by atoms with E-state index in [1.165, 1.54) is 0 Å². The molecule has 19 heavy (non-hydrogen) atoms. The molecule has 0 amide bonds. The van der Waals surface area contributed by atoms with E-state index < -0.39 is 24.1 Å². The van der Waals surface area contributed by atoms with Crippen LogP contribution in [0.25, 0.3) is 0 Å². The summed E-state index contributed by atoms with van der Waals surface area (Å²) >= 11 is 0. The summed E-state index contributed by atoms with van der Waals surface area (Å²) < 4.78 is 38.9. The van der Waals surface area contributed by atoms with E-state index in [1.807, 2.05) is 30.3 Å². The quantitative estimate of drug-likeness (QED) is 0.883. The van der Waals surface area contributed by atoms with E-state index in [4.69, 9.17) is 0 Å². The first-order valence-electron chi connectivity index (χ1n) is 6.77. The van der Waals surface area contributed by atoms with Gasteiger partial charge in [0.1, 0.15) is 0 Å². The Kier molecular flexibility index (Phi) is 4.50. The third-order valence-electron chi connectivity index (χ3n) is 4.02. The Balaban J connectivity index is 2.05. The smallest absolute Gasteiger partial charge is 0.392 e. The van der Waals surface area contributed by atoms with Crippen LogP contribution in [0.5, 0.6) is 0 Å². The lowest BCUT2D eigenvalue weighted by Crippen LogP contribution is -2.40. The lowest BCUT2D eigenvalue weighted by molar-refractivity contribution is -0.206. The molecule has 0 heterocycles. The second kappa shape index (κ2) is 5.95. The first-order chi connectivity index (χ1) is 8.98. The monoisotopic (exact) mass is 272 g/mol. The number of halogens is 3. The van der Waals surface area contributed by atoms with E-state index in [2.05, 4.69) is 0 Å². The number of hydrogen-bond donors (Lipinski definition) is 1. The molecule has 3 unspecified atom stereocenters. The van der Waals surface area contributed by atoms with Gasteiger partial charge in [-0.05, 0) is 30.7 Å². The van der Waals surface area contributed by atoms with E-state index in [1.54, 1.807) is 0 Å². The van der Waals surface area contributed by atoms with Crippen LogP contribution < -0.4 is 0 Å². The van der Waals surface area contributed by atoms with E-state index in [0.29, 0.717) is 19.3 Å². The summed E-state index contributed by atoms with van der Waals surface area (Å²) in [7, 11) is 0. The molecule has 4 heteroatoms. The summed E-state index contributed by atoms with van der Waals surface area (Å²) in [4.78, 5) is 0. The first kappa shape index (κ1) is 14.4. The Morgan fingerprint density at radius 3 is 2.37 bits per heavy atom. The van der Waals surface area contributed by atoms with E-state index >= 15 is 0 Å². The summed E-state index contributed by atoms with van der Waals surface area (Å²) in [5.74, 6) is -2.01. The molecule has 0 radical (unpaired) electrons. The Labute approximate surface area is 111 Å². The van der Waals surface area contributed by atoms with Gasteiger partial charge in [-0.25, -0.2) is 0 Å². The Hall–Kier alpha value is -1.03. The fourth-order valence-corrected chi connectivity index (χ4v) is 3.03. The molecular formula is C15H19F3O. The van der Waals surface area contributed by atoms with Gasteiger partial charge < -0.3 is 5.11 Å². The maximum atomic E-state index is 13.0. The minimum atomic E-state index is -4.19. The standard InChI is InChI=1S/C15H19F3O/c16-15(17,18)13-9-5-4-8-12(13)14(19)10-11-6-2-1-3-7-11/h1-3,6-7,12-14,19H,4-5,8-10H2. The van der Waals surface area contributed by atoms with E-state index in [0.717, 1.165) is 12.0 Å². The number of aliphatic hydroxyl groups excluding tert-OH is 1. The highest BCUT2D eigenvalue weighted by atomic mass is 19.4. The molecule has 1 aromatic rings. The van der Waals surface area contributed by atoms with Crippen molar-refractivity contribution in [3.05, 3.63) is 35.9 Å². The lowest BCUT2D eigenvalue weighted by atomic mass is 9.74. The van der Waals surface area contributed by atoms with Crippen molar-refractivity contribution in [2.75, 3.05) is 0 Å². The highest BCUT2D eigenvalue weighted by Crippen LogP contribution is 2.43. The van der Waals surface area contributed by atoms with Crippen molar-refractivity contribution in [3.8, 4) is 0 Å². The number of aliphatic hydroxyl groups is 1. The minimum absolute atomic E-state index is 0.153. The number of benzene rings is 1. The maximum Gasteiger partial charge on any atom is 0.392 e. The van der Waals surface area contributed by atoms with Gasteiger partial charge in [-0.2, -0.15) is 13.2 Å². The molecule has 0 aromatic heterocycles. The van der Waals surface area contributed by atoms with Crippen LogP contribution in [0, 0.1) is 11.8 Å². The molecule has 1 aromatic carbocycles. The van der Waals surface area contributed by atoms with Crippen LogP contribution in [0.2, 0.25) is 0 Å². The zero-order valence-electron chi connectivity index (χ0n) is 10.7. The van der Waals surface area contributed by atoms with Crippen molar-refractivity contribution in [2.45, 2.75) is 44.4 Å². The second-order valence-electron chi connectivity index (χ2n) is 5.35. The highest BCUT2D eigenvalue weighted by Gasteiger charge is 2.47. The number of rotatable bonds is 3. The van der Waals surface area contributed by atoms with Crippen molar-refractivity contribution >= 4 is 0 Å².